The van der Waals surface area contributed by atoms with Crippen LogP contribution in [0.15, 0.2) is 24.5 Å². The van der Waals surface area contributed by atoms with Crippen LogP contribution in [-0.4, -0.2) is 59.8 Å². The molecule has 0 aliphatic carbocycles. The molecule has 4 aliphatic heterocycles. The van der Waals surface area contributed by atoms with Gasteiger partial charge in [-0.05, 0) is 11.6 Å². The Morgan fingerprint density at radius 3 is 2.56 bits per heavy atom. The van der Waals surface area contributed by atoms with Crippen LogP contribution in [0.2, 0.25) is 0 Å². The molecule has 2 unspecified atom stereocenters. The molecule has 0 spiro atoms. The Bertz CT molecular complexity index is 471. The molecule has 4 aliphatic rings. The van der Waals surface area contributed by atoms with Gasteiger partial charge in [-0.15, -0.1) is 0 Å². The molecule has 0 N–H and O–H groups in total. The molecule has 94 valence electrons. The van der Waals surface area contributed by atoms with Crippen LogP contribution < -0.4 is 0 Å². The van der Waals surface area contributed by atoms with E-state index in [1.165, 1.54) is 0 Å². The van der Waals surface area contributed by atoms with Gasteiger partial charge in [-0.3, -0.25) is 19.6 Å². The minimum Gasteiger partial charge on any atom is -0.300 e. The monoisotopic (exact) mass is 243 g/mol. The SMILES string of the molecule is O=C1C2CN3CCN(C2)CC1(c1cccnc1)C3. The Morgan fingerprint density at radius 2 is 1.94 bits per heavy atom. The van der Waals surface area contributed by atoms with E-state index in [9.17, 15) is 4.79 Å². The highest BCUT2D eigenvalue weighted by atomic mass is 16.1. The highest BCUT2D eigenvalue weighted by Crippen LogP contribution is 2.39. The molecule has 0 aromatic carbocycles. The van der Waals surface area contributed by atoms with Crippen LogP contribution in [0.5, 0.6) is 0 Å². The topological polar surface area (TPSA) is 36.4 Å². The Labute approximate surface area is 107 Å². The number of rotatable bonds is 1. The number of piperidine rings is 2. The average molecular weight is 243 g/mol. The average Bonchev–Trinajstić information content (AvgIpc) is 2.65. The molecular weight excluding hydrogens is 226 g/mol. The third kappa shape index (κ3) is 1.33. The number of carbonyl (C=O) groups excluding carboxylic acids is 1. The molecule has 18 heavy (non-hydrogen) atoms. The van der Waals surface area contributed by atoms with Gasteiger partial charge in [0.25, 0.3) is 0 Å². The van der Waals surface area contributed by atoms with Crippen LogP contribution in [0.1, 0.15) is 5.56 Å². The lowest BCUT2D eigenvalue weighted by Gasteiger charge is -2.48. The summed E-state index contributed by atoms with van der Waals surface area (Å²) in [5, 5.41) is 0. The van der Waals surface area contributed by atoms with Gasteiger partial charge in [0.2, 0.25) is 0 Å². The fourth-order valence-electron chi connectivity index (χ4n) is 3.93. The smallest absolute Gasteiger partial charge is 0.151 e. The van der Waals surface area contributed by atoms with E-state index in [1.54, 1.807) is 6.20 Å². The Balaban J connectivity index is 1.85. The molecule has 0 radical (unpaired) electrons. The van der Waals surface area contributed by atoms with E-state index in [4.69, 9.17) is 0 Å². The summed E-state index contributed by atoms with van der Waals surface area (Å²) in [5.41, 5.74) is 0.794. The van der Waals surface area contributed by atoms with E-state index in [1.807, 2.05) is 12.3 Å². The molecule has 1 aromatic rings. The summed E-state index contributed by atoms with van der Waals surface area (Å²) in [7, 11) is 0. The van der Waals surface area contributed by atoms with Gasteiger partial charge >= 0.3 is 0 Å². The fraction of sp³-hybridized carbons (Fsp3) is 0.571. The zero-order valence-electron chi connectivity index (χ0n) is 10.4. The number of Topliss-reactive ketones (excluding diaryl/α,β-unsaturated/α-hetero) is 1. The van der Waals surface area contributed by atoms with E-state index in [0.29, 0.717) is 5.78 Å². The molecule has 4 saturated heterocycles. The van der Waals surface area contributed by atoms with Gasteiger partial charge in [0.05, 0.1) is 5.41 Å². The molecule has 5 rings (SSSR count). The first kappa shape index (κ1) is 10.6. The number of nitrogens with zero attached hydrogens (tertiary/aromatic N) is 3. The Morgan fingerprint density at radius 1 is 1.22 bits per heavy atom. The van der Waals surface area contributed by atoms with Gasteiger partial charge in [0, 0.05) is 57.6 Å². The fourth-order valence-corrected chi connectivity index (χ4v) is 3.93. The van der Waals surface area contributed by atoms with E-state index >= 15 is 0 Å². The molecule has 2 atom stereocenters. The van der Waals surface area contributed by atoms with Gasteiger partial charge < -0.3 is 0 Å². The molecular formula is C14H17N3O. The van der Waals surface area contributed by atoms with Crippen molar-refractivity contribution >= 4 is 5.78 Å². The number of hydrogen-bond donors (Lipinski definition) is 0. The zero-order chi connectivity index (χ0) is 12.2. The molecule has 5 heterocycles. The second-order valence-corrected chi connectivity index (χ2v) is 5.86. The van der Waals surface area contributed by atoms with Crippen LogP contribution in [0.25, 0.3) is 0 Å². The molecule has 0 saturated carbocycles. The van der Waals surface area contributed by atoms with Crippen molar-refractivity contribution in [2.45, 2.75) is 5.41 Å². The summed E-state index contributed by atoms with van der Waals surface area (Å²) in [4.78, 5) is 21.9. The molecule has 4 bridgehead atoms. The number of carbonyl (C=O) groups is 1. The largest absolute Gasteiger partial charge is 0.300 e. The minimum atomic E-state index is -0.314. The molecule has 4 fully saturated rings. The number of ketones is 1. The van der Waals surface area contributed by atoms with Crippen molar-refractivity contribution in [2.75, 3.05) is 39.3 Å². The maximum absolute atomic E-state index is 12.8. The second-order valence-electron chi connectivity index (χ2n) is 5.86. The highest BCUT2D eigenvalue weighted by Gasteiger charge is 2.54. The normalized spacial score (nSPS) is 42.0. The first-order chi connectivity index (χ1) is 8.78. The summed E-state index contributed by atoms with van der Waals surface area (Å²) < 4.78 is 0. The maximum atomic E-state index is 12.8. The third-order valence-electron chi connectivity index (χ3n) is 4.73. The summed E-state index contributed by atoms with van der Waals surface area (Å²) in [5.74, 6) is 0.653. The lowest BCUT2D eigenvalue weighted by molar-refractivity contribution is -0.137. The number of aromatic nitrogens is 1. The molecule has 1 aromatic heterocycles. The van der Waals surface area contributed by atoms with Crippen molar-refractivity contribution in [3.05, 3.63) is 30.1 Å². The van der Waals surface area contributed by atoms with Gasteiger partial charge in [0.15, 0.2) is 5.78 Å². The summed E-state index contributed by atoms with van der Waals surface area (Å²) in [6, 6.07) is 4.02. The third-order valence-corrected chi connectivity index (χ3v) is 4.73. The van der Waals surface area contributed by atoms with Crippen LogP contribution in [0, 0.1) is 5.92 Å². The zero-order valence-corrected chi connectivity index (χ0v) is 10.4. The van der Waals surface area contributed by atoms with Gasteiger partial charge in [-0.2, -0.15) is 0 Å². The number of pyridine rings is 1. The van der Waals surface area contributed by atoms with E-state index in [2.05, 4.69) is 20.9 Å². The van der Waals surface area contributed by atoms with Gasteiger partial charge in [-0.1, -0.05) is 6.07 Å². The Hall–Kier alpha value is -1.26. The minimum absolute atomic E-state index is 0.204. The molecule has 0 amide bonds. The van der Waals surface area contributed by atoms with Crippen molar-refractivity contribution in [1.29, 1.82) is 0 Å². The standard InChI is InChI=1S/C14H17N3O/c18-13-11-7-16-4-5-17(8-11)10-14(13,9-16)12-2-1-3-15-6-12/h1-3,6,11H,4-5,7-10H2. The van der Waals surface area contributed by atoms with Crippen molar-refractivity contribution in [1.82, 2.24) is 14.8 Å². The summed E-state index contributed by atoms with van der Waals surface area (Å²) >= 11 is 0. The lowest BCUT2D eigenvalue weighted by atomic mass is 9.67. The summed E-state index contributed by atoms with van der Waals surface area (Å²) in [6.07, 6.45) is 3.66. The predicted molar refractivity (Wildman–Crippen MR) is 67.3 cm³/mol. The number of fused-ring (bicyclic) bond motifs is 1. The highest BCUT2D eigenvalue weighted by molar-refractivity contribution is 5.94. The quantitative estimate of drug-likeness (QED) is 0.703. The molecule has 4 nitrogen and oxygen atoms in total. The van der Waals surface area contributed by atoms with Crippen molar-refractivity contribution in [2.24, 2.45) is 5.92 Å². The summed E-state index contributed by atoms with van der Waals surface area (Å²) in [6.45, 7) is 5.88. The van der Waals surface area contributed by atoms with Gasteiger partial charge in [-0.25, -0.2) is 0 Å². The van der Waals surface area contributed by atoms with E-state index in [0.717, 1.165) is 44.8 Å². The predicted octanol–water partition coefficient (Wildman–Crippen LogP) is 0.149. The van der Waals surface area contributed by atoms with Gasteiger partial charge in [0.1, 0.15) is 0 Å². The van der Waals surface area contributed by atoms with Crippen LogP contribution in [-0.2, 0) is 10.2 Å². The molecule has 4 heteroatoms. The van der Waals surface area contributed by atoms with Crippen LogP contribution in [0.4, 0.5) is 0 Å². The van der Waals surface area contributed by atoms with E-state index in [-0.39, 0.29) is 11.3 Å². The van der Waals surface area contributed by atoms with Crippen LogP contribution >= 0.6 is 0 Å². The Kier molecular flexibility index (Phi) is 2.14. The van der Waals surface area contributed by atoms with Crippen molar-refractivity contribution < 1.29 is 4.79 Å². The van der Waals surface area contributed by atoms with Crippen molar-refractivity contribution in [3.8, 4) is 0 Å². The second kappa shape index (κ2) is 3.62. The number of hydrogen-bond acceptors (Lipinski definition) is 4. The first-order valence-electron chi connectivity index (χ1n) is 6.67. The van der Waals surface area contributed by atoms with Crippen molar-refractivity contribution in [3.63, 3.8) is 0 Å². The van der Waals surface area contributed by atoms with Crippen LogP contribution in [0.3, 0.4) is 0 Å². The van der Waals surface area contributed by atoms with E-state index < -0.39 is 0 Å². The maximum Gasteiger partial charge on any atom is 0.151 e. The first-order valence-corrected chi connectivity index (χ1v) is 6.67. The lowest BCUT2D eigenvalue weighted by Crippen LogP contribution is -2.63.